The van der Waals surface area contributed by atoms with E-state index in [1.807, 2.05) is 30.3 Å². The van der Waals surface area contributed by atoms with Gasteiger partial charge in [-0.05, 0) is 54.1 Å². The highest BCUT2D eigenvalue weighted by molar-refractivity contribution is 9.11. The molecule has 0 saturated heterocycles. The third kappa shape index (κ3) is 3.86. The fourth-order valence-corrected chi connectivity index (χ4v) is 3.57. The molecule has 0 radical (unpaired) electrons. The summed E-state index contributed by atoms with van der Waals surface area (Å²) in [4.78, 5) is 0. The first-order valence-corrected chi connectivity index (χ1v) is 8.92. The predicted octanol–water partition coefficient (Wildman–Crippen LogP) is 6.33. The second-order valence-electron chi connectivity index (χ2n) is 4.32. The van der Waals surface area contributed by atoms with E-state index in [1.54, 1.807) is 0 Å². The van der Waals surface area contributed by atoms with Gasteiger partial charge in [0, 0.05) is 18.4 Å². The molecule has 1 nitrogen and oxygen atoms in total. The molecule has 2 aromatic carbocycles. The molecule has 5 heteroatoms. The second-order valence-corrected chi connectivity index (χ2v) is 7.38. The topological polar surface area (TPSA) is 12.0 Å². The first-order valence-electron chi connectivity index (χ1n) is 6.16. The average Bonchev–Trinajstić information content (AvgIpc) is 2.42. The van der Waals surface area contributed by atoms with E-state index in [1.165, 1.54) is 5.56 Å². The van der Waals surface area contributed by atoms with Crippen LogP contribution < -0.4 is 5.32 Å². The van der Waals surface area contributed by atoms with Crippen LogP contribution in [0, 0.1) is 0 Å². The molecule has 1 atom stereocenters. The van der Waals surface area contributed by atoms with Crippen LogP contribution in [0.25, 0.3) is 0 Å². The Balaban J connectivity index is 2.55. The maximum Gasteiger partial charge on any atom is 0.0599 e. The molecule has 0 spiro atoms. The summed E-state index contributed by atoms with van der Waals surface area (Å²) in [6.45, 7) is 2.96. The molecular formula is C15H13Br3ClN. The molecule has 0 heterocycles. The first-order chi connectivity index (χ1) is 9.52. The Morgan fingerprint density at radius 3 is 2.25 bits per heavy atom. The largest absolute Gasteiger partial charge is 0.306 e. The van der Waals surface area contributed by atoms with Crippen LogP contribution >= 0.6 is 59.4 Å². The van der Waals surface area contributed by atoms with Gasteiger partial charge < -0.3 is 5.32 Å². The molecule has 1 N–H and O–H groups in total. The van der Waals surface area contributed by atoms with Gasteiger partial charge in [-0.2, -0.15) is 0 Å². The van der Waals surface area contributed by atoms with E-state index in [0.29, 0.717) is 0 Å². The zero-order valence-corrected chi connectivity index (χ0v) is 16.3. The standard InChI is InChI=1S/C15H13Br3ClN/c1-2-20-15(11-7-9(16)3-5-13(11)17)12-8-10(19)4-6-14(12)18/h3-8,15,20H,2H2,1H3. The summed E-state index contributed by atoms with van der Waals surface area (Å²) < 4.78 is 3.16. The minimum absolute atomic E-state index is 0.0694. The van der Waals surface area contributed by atoms with Gasteiger partial charge in [-0.3, -0.25) is 0 Å². The Kier molecular flexibility index (Phi) is 6.11. The van der Waals surface area contributed by atoms with Crippen molar-refractivity contribution in [1.82, 2.24) is 5.32 Å². The van der Waals surface area contributed by atoms with Crippen LogP contribution in [0.3, 0.4) is 0 Å². The van der Waals surface area contributed by atoms with Crippen LogP contribution in [-0.2, 0) is 0 Å². The van der Waals surface area contributed by atoms with Gasteiger partial charge in [0.05, 0.1) is 6.04 Å². The van der Waals surface area contributed by atoms with Gasteiger partial charge in [0.2, 0.25) is 0 Å². The highest BCUT2D eigenvalue weighted by Crippen LogP contribution is 2.35. The molecule has 0 fully saturated rings. The van der Waals surface area contributed by atoms with Crippen molar-refractivity contribution in [2.75, 3.05) is 6.54 Å². The maximum absolute atomic E-state index is 6.15. The predicted molar refractivity (Wildman–Crippen MR) is 96.5 cm³/mol. The molecule has 0 bridgehead atoms. The number of halogens is 4. The molecule has 0 amide bonds. The number of hydrogen-bond donors (Lipinski definition) is 1. The third-order valence-electron chi connectivity index (χ3n) is 2.95. The zero-order valence-electron chi connectivity index (χ0n) is 10.8. The minimum atomic E-state index is 0.0694. The van der Waals surface area contributed by atoms with E-state index < -0.39 is 0 Å². The Bertz CT molecular complexity index is 565. The number of hydrogen-bond acceptors (Lipinski definition) is 1. The lowest BCUT2D eigenvalue weighted by atomic mass is 9.98. The lowest BCUT2D eigenvalue weighted by Gasteiger charge is -2.22. The van der Waals surface area contributed by atoms with Crippen molar-refractivity contribution in [3.63, 3.8) is 0 Å². The van der Waals surface area contributed by atoms with Crippen LogP contribution in [0.5, 0.6) is 0 Å². The van der Waals surface area contributed by atoms with Crippen molar-refractivity contribution < 1.29 is 0 Å². The maximum atomic E-state index is 6.15. The summed E-state index contributed by atoms with van der Waals surface area (Å²) in [5.41, 5.74) is 2.29. The van der Waals surface area contributed by atoms with E-state index in [-0.39, 0.29) is 6.04 Å². The molecule has 0 aromatic heterocycles. The SMILES string of the molecule is CCNC(c1cc(Cl)ccc1Br)c1cc(Br)ccc1Br. The van der Waals surface area contributed by atoms with Crippen molar-refractivity contribution in [2.24, 2.45) is 0 Å². The van der Waals surface area contributed by atoms with Gasteiger partial charge in [0.1, 0.15) is 0 Å². The van der Waals surface area contributed by atoms with E-state index in [0.717, 1.165) is 30.5 Å². The van der Waals surface area contributed by atoms with E-state index >= 15 is 0 Å². The normalized spacial score (nSPS) is 12.4. The van der Waals surface area contributed by atoms with Crippen LogP contribution in [0.15, 0.2) is 49.8 Å². The molecule has 1 unspecified atom stereocenters. The summed E-state index contributed by atoms with van der Waals surface area (Å²) in [5, 5.41) is 4.25. The number of benzene rings is 2. The Hall–Kier alpha value is 0.130. The molecule has 0 aliphatic heterocycles. The Labute approximate surface area is 149 Å². The summed E-state index contributed by atoms with van der Waals surface area (Å²) in [5.74, 6) is 0. The highest BCUT2D eigenvalue weighted by Gasteiger charge is 2.19. The Morgan fingerprint density at radius 2 is 1.60 bits per heavy atom. The Morgan fingerprint density at radius 1 is 1.00 bits per heavy atom. The molecule has 2 rings (SSSR count). The molecule has 0 aliphatic carbocycles. The molecule has 0 aliphatic rings. The lowest BCUT2D eigenvalue weighted by molar-refractivity contribution is 0.626. The number of rotatable bonds is 4. The summed E-state index contributed by atoms with van der Waals surface area (Å²) >= 11 is 16.9. The summed E-state index contributed by atoms with van der Waals surface area (Å²) in [6, 6.07) is 12.1. The monoisotopic (exact) mass is 479 g/mol. The smallest absolute Gasteiger partial charge is 0.0599 e. The van der Waals surface area contributed by atoms with Crippen LogP contribution in [0.2, 0.25) is 5.02 Å². The molecule has 0 saturated carbocycles. The van der Waals surface area contributed by atoms with Gasteiger partial charge in [0.15, 0.2) is 0 Å². The van der Waals surface area contributed by atoms with Gasteiger partial charge in [0.25, 0.3) is 0 Å². The van der Waals surface area contributed by atoms with Crippen molar-refractivity contribution in [3.05, 3.63) is 66.0 Å². The van der Waals surface area contributed by atoms with Crippen LogP contribution in [0.1, 0.15) is 24.1 Å². The molecular weight excluding hydrogens is 469 g/mol. The van der Waals surface area contributed by atoms with Crippen molar-refractivity contribution in [2.45, 2.75) is 13.0 Å². The van der Waals surface area contributed by atoms with Crippen molar-refractivity contribution in [3.8, 4) is 0 Å². The van der Waals surface area contributed by atoms with Crippen molar-refractivity contribution in [1.29, 1.82) is 0 Å². The third-order valence-corrected chi connectivity index (χ3v) is 5.12. The van der Waals surface area contributed by atoms with Gasteiger partial charge in [-0.25, -0.2) is 0 Å². The van der Waals surface area contributed by atoms with E-state index in [4.69, 9.17) is 11.6 Å². The average molecular weight is 482 g/mol. The van der Waals surface area contributed by atoms with Gasteiger partial charge in [-0.1, -0.05) is 66.3 Å². The van der Waals surface area contributed by atoms with Gasteiger partial charge in [-0.15, -0.1) is 0 Å². The van der Waals surface area contributed by atoms with E-state index in [2.05, 4.69) is 66.1 Å². The molecule has 20 heavy (non-hydrogen) atoms. The second kappa shape index (κ2) is 7.41. The van der Waals surface area contributed by atoms with E-state index in [9.17, 15) is 0 Å². The van der Waals surface area contributed by atoms with Crippen LogP contribution in [0.4, 0.5) is 0 Å². The fraction of sp³-hybridized carbons (Fsp3) is 0.200. The minimum Gasteiger partial charge on any atom is -0.306 e. The fourth-order valence-electron chi connectivity index (χ4n) is 2.06. The molecule has 106 valence electrons. The number of nitrogens with one attached hydrogen (secondary N) is 1. The zero-order chi connectivity index (χ0) is 14.7. The van der Waals surface area contributed by atoms with Crippen molar-refractivity contribution >= 4 is 59.4 Å². The van der Waals surface area contributed by atoms with Gasteiger partial charge >= 0.3 is 0 Å². The highest BCUT2D eigenvalue weighted by atomic mass is 79.9. The molecule has 2 aromatic rings. The lowest BCUT2D eigenvalue weighted by Crippen LogP contribution is -2.22. The summed E-state index contributed by atoms with van der Waals surface area (Å²) in [6.07, 6.45) is 0. The first kappa shape index (κ1) is 16.5. The summed E-state index contributed by atoms with van der Waals surface area (Å²) in [7, 11) is 0. The van der Waals surface area contributed by atoms with Crippen LogP contribution in [-0.4, -0.2) is 6.54 Å². The quantitative estimate of drug-likeness (QED) is 0.538.